The van der Waals surface area contributed by atoms with E-state index in [0.717, 1.165) is 0 Å². The third-order valence-electron chi connectivity index (χ3n) is 3.64. The molecule has 2 rings (SSSR count). The zero-order chi connectivity index (χ0) is 18.3. The molecule has 25 heavy (non-hydrogen) atoms. The van der Waals surface area contributed by atoms with Gasteiger partial charge in [0.05, 0.1) is 23.1 Å². The Hall–Kier alpha value is -1.18. The first kappa shape index (κ1) is 20.1. The summed E-state index contributed by atoms with van der Waals surface area (Å²) in [5.41, 5.74) is 0. The van der Waals surface area contributed by atoms with E-state index in [1.807, 2.05) is 6.92 Å². The van der Waals surface area contributed by atoms with Gasteiger partial charge in [0.15, 0.2) is 15.8 Å². The normalized spacial score (nSPS) is 19.6. The van der Waals surface area contributed by atoms with Gasteiger partial charge >= 0.3 is 0 Å². The van der Waals surface area contributed by atoms with Crippen LogP contribution in [0.1, 0.15) is 19.8 Å². The van der Waals surface area contributed by atoms with Crippen molar-refractivity contribution in [3.8, 4) is 5.75 Å². The van der Waals surface area contributed by atoms with E-state index in [9.17, 15) is 8.42 Å². The minimum absolute atomic E-state index is 0.0769. The second-order valence-corrected chi connectivity index (χ2v) is 8.85. The summed E-state index contributed by atoms with van der Waals surface area (Å²) >= 11 is 11.9. The van der Waals surface area contributed by atoms with Gasteiger partial charge in [-0.15, -0.1) is 0 Å². The molecule has 1 heterocycles. The van der Waals surface area contributed by atoms with Crippen LogP contribution in [0.15, 0.2) is 23.2 Å². The lowest BCUT2D eigenvalue weighted by molar-refractivity contribution is 0.313. The Morgan fingerprint density at radius 3 is 2.84 bits per heavy atom. The number of nitrogens with one attached hydrogen (secondary N) is 2. The van der Waals surface area contributed by atoms with E-state index in [2.05, 4.69) is 15.6 Å². The molecule has 0 amide bonds. The van der Waals surface area contributed by atoms with Crippen LogP contribution in [0, 0.1) is 0 Å². The third-order valence-corrected chi connectivity index (χ3v) is 5.94. The molecule has 0 saturated carbocycles. The SMILES string of the molecule is CCNC(=NCCCOc1ccc(Cl)cc1Cl)NC1CCS(=O)(=O)C1. The summed E-state index contributed by atoms with van der Waals surface area (Å²) in [4.78, 5) is 4.46. The third kappa shape index (κ3) is 6.92. The van der Waals surface area contributed by atoms with Gasteiger partial charge in [-0.1, -0.05) is 23.2 Å². The fourth-order valence-electron chi connectivity index (χ4n) is 2.45. The smallest absolute Gasteiger partial charge is 0.191 e. The highest BCUT2D eigenvalue weighted by molar-refractivity contribution is 7.91. The van der Waals surface area contributed by atoms with E-state index in [1.54, 1.807) is 18.2 Å². The van der Waals surface area contributed by atoms with Crippen LogP contribution < -0.4 is 15.4 Å². The average molecular weight is 408 g/mol. The Labute approximate surface area is 158 Å². The molecular weight excluding hydrogens is 385 g/mol. The number of sulfone groups is 1. The van der Waals surface area contributed by atoms with Crippen LogP contribution in [0.4, 0.5) is 0 Å². The molecule has 1 atom stereocenters. The van der Waals surface area contributed by atoms with Crippen molar-refractivity contribution in [2.45, 2.75) is 25.8 Å². The molecule has 2 N–H and O–H groups in total. The van der Waals surface area contributed by atoms with E-state index < -0.39 is 9.84 Å². The van der Waals surface area contributed by atoms with Gasteiger partial charge in [-0.05, 0) is 31.5 Å². The second-order valence-electron chi connectivity index (χ2n) is 5.78. The van der Waals surface area contributed by atoms with Crippen molar-refractivity contribution < 1.29 is 13.2 Å². The number of hydrogen-bond acceptors (Lipinski definition) is 4. The molecule has 0 radical (unpaired) electrons. The van der Waals surface area contributed by atoms with Gasteiger partial charge in [0.25, 0.3) is 0 Å². The summed E-state index contributed by atoms with van der Waals surface area (Å²) in [6.07, 6.45) is 1.32. The fourth-order valence-corrected chi connectivity index (χ4v) is 4.59. The number of aliphatic imine (C=N–C) groups is 1. The standard InChI is InChI=1S/C16H23Cl2N3O3S/c1-2-19-16(21-13-6-9-25(22,23)11-13)20-7-3-8-24-15-5-4-12(17)10-14(15)18/h4-5,10,13H,2-3,6-9,11H2,1H3,(H2,19,20,21). The van der Waals surface area contributed by atoms with Gasteiger partial charge in [-0.25, -0.2) is 8.42 Å². The number of halogens is 2. The van der Waals surface area contributed by atoms with Crippen molar-refractivity contribution >= 4 is 39.0 Å². The van der Waals surface area contributed by atoms with Crippen molar-refractivity contribution in [1.29, 1.82) is 0 Å². The number of guanidine groups is 1. The number of ether oxygens (including phenoxy) is 1. The first-order valence-electron chi connectivity index (χ1n) is 8.23. The number of benzene rings is 1. The van der Waals surface area contributed by atoms with E-state index in [1.165, 1.54) is 0 Å². The summed E-state index contributed by atoms with van der Waals surface area (Å²) in [5.74, 6) is 1.63. The highest BCUT2D eigenvalue weighted by atomic mass is 35.5. The van der Waals surface area contributed by atoms with Crippen LogP contribution >= 0.6 is 23.2 Å². The molecule has 1 aliphatic heterocycles. The molecule has 0 aromatic heterocycles. The molecule has 140 valence electrons. The van der Waals surface area contributed by atoms with E-state index in [4.69, 9.17) is 27.9 Å². The molecule has 1 aromatic rings. The van der Waals surface area contributed by atoms with Crippen LogP contribution in [0.25, 0.3) is 0 Å². The van der Waals surface area contributed by atoms with E-state index >= 15 is 0 Å². The molecule has 6 nitrogen and oxygen atoms in total. The maximum absolute atomic E-state index is 11.5. The van der Waals surface area contributed by atoms with Crippen molar-refractivity contribution in [2.75, 3.05) is 31.2 Å². The van der Waals surface area contributed by atoms with Gasteiger partial charge in [0.2, 0.25) is 0 Å². The zero-order valence-electron chi connectivity index (χ0n) is 14.1. The predicted molar refractivity (Wildman–Crippen MR) is 103 cm³/mol. The van der Waals surface area contributed by atoms with Gasteiger partial charge in [0, 0.05) is 30.6 Å². The van der Waals surface area contributed by atoms with Crippen LogP contribution in [-0.2, 0) is 9.84 Å². The molecule has 1 saturated heterocycles. The van der Waals surface area contributed by atoms with Gasteiger partial charge in [-0.2, -0.15) is 0 Å². The topological polar surface area (TPSA) is 79.8 Å². The Morgan fingerprint density at radius 2 is 2.20 bits per heavy atom. The zero-order valence-corrected chi connectivity index (χ0v) is 16.4. The highest BCUT2D eigenvalue weighted by Crippen LogP contribution is 2.27. The quantitative estimate of drug-likeness (QED) is 0.412. The van der Waals surface area contributed by atoms with Crippen LogP contribution in [0.3, 0.4) is 0 Å². The number of nitrogens with zero attached hydrogens (tertiary/aromatic N) is 1. The lowest BCUT2D eigenvalue weighted by Crippen LogP contribution is -2.44. The molecule has 0 spiro atoms. The maximum Gasteiger partial charge on any atom is 0.191 e. The summed E-state index contributed by atoms with van der Waals surface area (Å²) < 4.78 is 28.7. The second kappa shape index (κ2) is 9.50. The number of hydrogen-bond donors (Lipinski definition) is 2. The van der Waals surface area contributed by atoms with E-state index in [0.29, 0.717) is 54.3 Å². The lowest BCUT2D eigenvalue weighted by Gasteiger charge is -2.15. The molecule has 1 fully saturated rings. The Balaban J connectivity index is 1.77. The first-order valence-corrected chi connectivity index (χ1v) is 10.8. The van der Waals surface area contributed by atoms with Crippen LogP contribution in [0.5, 0.6) is 5.75 Å². The molecule has 1 aliphatic rings. The minimum atomic E-state index is -2.91. The Bertz CT molecular complexity index is 711. The molecular formula is C16H23Cl2N3O3S. The largest absolute Gasteiger partial charge is 0.492 e. The minimum Gasteiger partial charge on any atom is -0.492 e. The lowest BCUT2D eigenvalue weighted by atomic mass is 10.3. The molecule has 0 bridgehead atoms. The van der Waals surface area contributed by atoms with Crippen molar-refractivity contribution in [1.82, 2.24) is 10.6 Å². The van der Waals surface area contributed by atoms with Gasteiger partial charge in [-0.3, -0.25) is 4.99 Å². The maximum atomic E-state index is 11.5. The summed E-state index contributed by atoms with van der Waals surface area (Å²) in [7, 11) is -2.91. The Kier molecular flexibility index (Phi) is 7.65. The fraction of sp³-hybridized carbons (Fsp3) is 0.562. The highest BCUT2D eigenvalue weighted by Gasteiger charge is 2.28. The van der Waals surface area contributed by atoms with Crippen molar-refractivity contribution in [3.05, 3.63) is 28.2 Å². The summed E-state index contributed by atoms with van der Waals surface area (Å²) in [6, 6.07) is 5.02. The van der Waals surface area contributed by atoms with Gasteiger partial charge in [0.1, 0.15) is 5.75 Å². The summed E-state index contributed by atoms with van der Waals surface area (Å²) in [6.45, 7) is 3.71. The van der Waals surface area contributed by atoms with Crippen LogP contribution in [0.2, 0.25) is 10.0 Å². The summed E-state index contributed by atoms with van der Waals surface area (Å²) in [5, 5.41) is 7.35. The van der Waals surface area contributed by atoms with Gasteiger partial charge < -0.3 is 15.4 Å². The Morgan fingerprint density at radius 1 is 1.40 bits per heavy atom. The average Bonchev–Trinajstić information content (AvgIpc) is 2.87. The number of rotatable bonds is 7. The molecule has 9 heteroatoms. The molecule has 0 aliphatic carbocycles. The predicted octanol–water partition coefficient (Wildman–Crippen LogP) is 2.50. The van der Waals surface area contributed by atoms with E-state index in [-0.39, 0.29) is 17.5 Å². The van der Waals surface area contributed by atoms with Crippen molar-refractivity contribution in [3.63, 3.8) is 0 Å². The van der Waals surface area contributed by atoms with Crippen molar-refractivity contribution in [2.24, 2.45) is 4.99 Å². The first-order chi connectivity index (χ1) is 11.9. The monoisotopic (exact) mass is 407 g/mol. The van der Waals surface area contributed by atoms with Crippen LogP contribution in [-0.4, -0.2) is 51.6 Å². The molecule has 1 unspecified atom stereocenters. The molecule has 1 aromatic carbocycles.